The Hall–Kier alpha value is -0.0800. The minimum atomic E-state index is 0.739. The third-order valence-electron chi connectivity index (χ3n) is 3.72. The summed E-state index contributed by atoms with van der Waals surface area (Å²) < 4.78 is 0. The molecule has 1 unspecified atom stereocenters. The van der Waals surface area contributed by atoms with Gasteiger partial charge in [-0.05, 0) is 63.7 Å². The molecule has 2 nitrogen and oxygen atoms in total. The number of piperidine rings is 1. The Morgan fingerprint density at radius 1 is 1.29 bits per heavy atom. The fourth-order valence-corrected chi connectivity index (χ4v) is 2.37. The van der Waals surface area contributed by atoms with Crippen LogP contribution in [0.3, 0.4) is 0 Å². The average Bonchev–Trinajstić information content (AvgIpc) is 2.16. The Labute approximate surface area is 88.8 Å². The van der Waals surface area contributed by atoms with Crippen LogP contribution in [0.2, 0.25) is 0 Å². The van der Waals surface area contributed by atoms with Gasteiger partial charge >= 0.3 is 0 Å². The molecule has 0 aromatic heterocycles. The van der Waals surface area contributed by atoms with Crippen molar-refractivity contribution in [3.63, 3.8) is 0 Å². The highest BCUT2D eigenvalue weighted by Gasteiger charge is 2.21. The van der Waals surface area contributed by atoms with Gasteiger partial charge in [0, 0.05) is 0 Å². The van der Waals surface area contributed by atoms with E-state index in [0.717, 1.165) is 24.3 Å². The van der Waals surface area contributed by atoms with E-state index in [0.29, 0.717) is 0 Å². The zero-order valence-electron chi connectivity index (χ0n) is 10.00. The second-order valence-corrected chi connectivity index (χ2v) is 5.22. The first-order chi connectivity index (χ1) is 6.63. The minimum absolute atomic E-state index is 0.739. The molecule has 0 radical (unpaired) electrons. The van der Waals surface area contributed by atoms with Crippen LogP contribution in [0.4, 0.5) is 0 Å². The summed E-state index contributed by atoms with van der Waals surface area (Å²) in [5.41, 5.74) is 5.81. The Morgan fingerprint density at radius 2 is 1.86 bits per heavy atom. The van der Waals surface area contributed by atoms with Gasteiger partial charge in [-0.15, -0.1) is 0 Å². The van der Waals surface area contributed by atoms with E-state index in [-0.39, 0.29) is 0 Å². The van der Waals surface area contributed by atoms with Crippen molar-refractivity contribution in [2.24, 2.45) is 23.5 Å². The van der Waals surface area contributed by atoms with Crippen molar-refractivity contribution in [1.82, 2.24) is 4.90 Å². The van der Waals surface area contributed by atoms with Gasteiger partial charge in [0.15, 0.2) is 0 Å². The van der Waals surface area contributed by atoms with Gasteiger partial charge in [0.2, 0.25) is 0 Å². The molecule has 14 heavy (non-hydrogen) atoms. The van der Waals surface area contributed by atoms with Gasteiger partial charge in [0.25, 0.3) is 0 Å². The van der Waals surface area contributed by atoms with Gasteiger partial charge in [-0.3, -0.25) is 0 Å². The van der Waals surface area contributed by atoms with E-state index >= 15 is 0 Å². The smallest absolute Gasteiger partial charge is 0.00191 e. The van der Waals surface area contributed by atoms with Crippen LogP contribution in [0.5, 0.6) is 0 Å². The van der Waals surface area contributed by atoms with Gasteiger partial charge in [-0.25, -0.2) is 0 Å². The number of rotatable bonds is 4. The molecular formula is C12H26N2. The van der Waals surface area contributed by atoms with E-state index in [1.807, 2.05) is 0 Å². The fourth-order valence-electron chi connectivity index (χ4n) is 2.37. The first-order valence-electron chi connectivity index (χ1n) is 6.02. The quantitative estimate of drug-likeness (QED) is 0.748. The number of hydrogen-bond donors (Lipinski definition) is 1. The average molecular weight is 198 g/mol. The van der Waals surface area contributed by atoms with Gasteiger partial charge in [0.05, 0.1) is 0 Å². The second-order valence-electron chi connectivity index (χ2n) is 5.22. The van der Waals surface area contributed by atoms with Crippen LogP contribution in [0.15, 0.2) is 0 Å². The molecule has 1 heterocycles. The molecule has 0 spiro atoms. The molecule has 0 aliphatic carbocycles. The summed E-state index contributed by atoms with van der Waals surface area (Å²) in [4.78, 5) is 2.43. The Kier molecular flexibility index (Phi) is 4.90. The largest absolute Gasteiger partial charge is 0.330 e. The minimum Gasteiger partial charge on any atom is -0.330 e. The van der Waals surface area contributed by atoms with Crippen LogP contribution < -0.4 is 5.73 Å². The normalized spacial score (nSPS) is 22.9. The maximum absolute atomic E-state index is 5.81. The van der Waals surface area contributed by atoms with Crippen LogP contribution in [0.25, 0.3) is 0 Å². The fraction of sp³-hybridized carbons (Fsp3) is 1.00. The molecule has 0 amide bonds. The Bertz CT molecular complexity index is 148. The molecule has 0 aromatic rings. The van der Waals surface area contributed by atoms with Crippen molar-refractivity contribution in [2.45, 2.75) is 33.1 Å². The van der Waals surface area contributed by atoms with Crippen molar-refractivity contribution < 1.29 is 0 Å². The highest BCUT2D eigenvalue weighted by molar-refractivity contribution is 4.75. The zero-order chi connectivity index (χ0) is 10.6. The standard InChI is InChI=1S/C12H26N2/c1-10(2)12(9-13)8-11-4-6-14(3)7-5-11/h10-12H,4-9,13H2,1-3H3. The lowest BCUT2D eigenvalue weighted by atomic mass is 9.82. The van der Waals surface area contributed by atoms with Crippen molar-refractivity contribution in [2.75, 3.05) is 26.7 Å². The highest BCUT2D eigenvalue weighted by Crippen LogP contribution is 2.26. The van der Waals surface area contributed by atoms with Crippen LogP contribution in [-0.4, -0.2) is 31.6 Å². The summed E-state index contributed by atoms with van der Waals surface area (Å²) in [5, 5.41) is 0. The molecule has 1 fully saturated rings. The molecule has 0 saturated carbocycles. The van der Waals surface area contributed by atoms with E-state index in [1.54, 1.807) is 0 Å². The van der Waals surface area contributed by atoms with Crippen molar-refractivity contribution >= 4 is 0 Å². The zero-order valence-corrected chi connectivity index (χ0v) is 10.00. The molecule has 0 aromatic carbocycles. The molecule has 1 saturated heterocycles. The predicted molar refractivity (Wildman–Crippen MR) is 62.2 cm³/mol. The summed E-state index contributed by atoms with van der Waals surface area (Å²) in [6.45, 7) is 8.02. The molecular weight excluding hydrogens is 172 g/mol. The lowest BCUT2D eigenvalue weighted by Gasteiger charge is -2.32. The summed E-state index contributed by atoms with van der Waals surface area (Å²) in [7, 11) is 2.22. The maximum atomic E-state index is 5.81. The van der Waals surface area contributed by atoms with E-state index in [9.17, 15) is 0 Å². The first kappa shape index (κ1) is 12.0. The lowest BCUT2D eigenvalue weighted by molar-refractivity contribution is 0.183. The summed E-state index contributed by atoms with van der Waals surface area (Å²) in [6, 6.07) is 0. The van der Waals surface area contributed by atoms with Crippen molar-refractivity contribution in [1.29, 1.82) is 0 Å². The molecule has 1 rings (SSSR count). The summed E-state index contributed by atoms with van der Waals surface area (Å²) in [6.07, 6.45) is 4.10. The monoisotopic (exact) mass is 198 g/mol. The van der Waals surface area contributed by atoms with E-state index < -0.39 is 0 Å². The number of nitrogens with two attached hydrogens (primary N) is 1. The third-order valence-corrected chi connectivity index (χ3v) is 3.72. The molecule has 2 heteroatoms. The van der Waals surface area contributed by atoms with E-state index in [4.69, 9.17) is 5.73 Å². The van der Waals surface area contributed by atoms with Crippen LogP contribution in [0.1, 0.15) is 33.1 Å². The van der Waals surface area contributed by atoms with Gasteiger partial charge < -0.3 is 10.6 Å². The molecule has 1 atom stereocenters. The van der Waals surface area contributed by atoms with Gasteiger partial charge in [0.1, 0.15) is 0 Å². The molecule has 84 valence electrons. The number of likely N-dealkylation sites (tertiary alicyclic amines) is 1. The van der Waals surface area contributed by atoms with Crippen LogP contribution >= 0.6 is 0 Å². The van der Waals surface area contributed by atoms with E-state index in [2.05, 4.69) is 25.8 Å². The maximum Gasteiger partial charge on any atom is -0.00191 e. The van der Waals surface area contributed by atoms with Crippen LogP contribution in [-0.2, 0) is 0 Å². The number of hydrogen-bond acceptors (Lipinski definition) is 2. The summed E-state index contributed by atoms with van der Waals surface area (Å²) in [5.74, 6) is 2.42. The van der Waals surface area contributed by atoms with Crippen molar-refractivity contribution in [3.05, 3.63) is 0 Å². The summed E-state index contributed by atoms with van der Waals surface area (Å²) >= 11 is 0. The molecule has 2 N–H and O–H groups in total. The Morgan fingerprint density at radius 3 is 2.29 bits per heavy atom. The van der Waals surface area contributed by atoms with E-state index in [1.165, 1.54) is 32.4 Å². The topological polar surface area (TPSA) is 29.3 Å². The molecule has 0 bridgehead atoms. The SMILES string of the molecule is CC(C)C(CN)CC1CCN(C)CC1. The predicted octanol–water partition coefficient (Wildman–Crippen LogP) is 1.95. The first-order valence-corrected chi connectivity index (χ1v) is 6.02. The number of nitrogens with zero attached hydrogens (tertiary/aromatic N) is 1. The Balaban J connectivity index is 2.29. The lowest BCUT2D eigenvalue weighted by Crippen LogP contribution is -2.32. The molecule has 1 aliphatic rings. The van der Waals surface area contributed by atoms with Crippen molar-refractivity contribution in [3.8, 4) is 0 Å². The van der Waals surface area contributed by atoms with Gasteiger partial charge in [-0.2, -0.15) is 0 Å². The highest BCUT2D eigenvalue weighted by atomic mass is 15.1. The second kappa shape index (κ2) is 5.72. The van der Waals surface area contributed by atoms with Crippen LogP contribution in [0, 0.1) is 17.8 Å². The van der Waals surface area contributed by atoms with Gasteiger partial charge in [-0.1, -0.05) is 13.8 Å². The third kappa shape index (κ3) is 3.58. The molecule has 1 aliphatic heterocycles.